The van der Waals surface area contributed by atoms with Crippen LogP contribution in [0.15, 0.2) is 48.7 Å². The summed E-state index contributed by atoms with van der Waals surface area (Å²) in [7, 11) is 1.31. The van der Waals surface area contributed by atoms with Gasteiger partial charge in [-0.3, -0.25) is 4.79 Å². The maximum absolute atomic E-state index is 13.9. The van der Waals surface area contributed by atoms with E-state index in [-0.39, 0.29) is 23.9 Å². The zero-order valence-corrected chi connectivity index (χ0v) is 27.7. The molecule has 11 nitrogen and oxygen atoms in total. The zero-order chi connectivity index (χ0) is 33.1. The third kappa shape index (κ3) is 5.17. The summed E-state index contributed by atoms with van der Waals surface area (Å²) in [6.07, 6.45) is 5.22. The minimum atomic E-state index is -0.695. The van der Waals surface area contributed by atoms with Gasteiger partial charge in [0.05, 0.1) is 42.1 Å². The number of carbonyl (C=O) groups excluding carboxylic acids is 2. The van der Waals surface area contributed by atoms with Crippen LogP contribution < -0.4 is 15.4 Å². The number of nitrogens with zero attached hydrogens (tertiary/aromatic N) is 3. The Kier molecular flexibility index (Phi) is 7.59. The van der Waals surface area contributed by atoms with Crippen molar-refractivity contribution in [1.29, 1.82) is 0 Å². The maximum atomic E-state index is 13.9. The summed E-state index contributed by atoms with van der Waals surface area (Å²) in [6, 6.07) is 14.4. The Morgan fingerprint density at radius 3 is 2.71 bits per heavy atom. The lowest BCUT2D eigenvalue weighted by Gasteiger charge is -2.32. The van der Waals surface area contributed by atoms with Gasteiger partial charge in [0.15, 0.2) is 0 Å². The average Bonchev–Trinajstić information content (AvgIpc) is 3.91. The standard InChI is InChI=1S/C37H41N7O4/c1-19(2)32(43-37(46)47-4)36(45)44-20(3)7-12-30(44)35-40-27-11-9-21-15-26-24-10-8-22(29-17-39-34(41-29)28-6-5-13-38-28)14-23(24)18-48-31(26)16-25(21)33(27)42-35/h8-11,14-17,19-20,28,30,32,38H,5-7,12-13,18H2,1-4H3,(H,39,41)(H,40,42)(H,43,46)/t20-,28-,30-,32-/m0/s1. The SMILES string of the molecule is COC(=O)N[C@H](C(=O)N1[C@@H](C)CC[C@H]1c1nc2c(ccc3cc4c(cc32)OCc2cc(-c3cnc([C@@H]5CCCN5)[nH]3)ccc2-4)[nH]1)C(C)C. The van der Waals surface area contributed by atoms with E-state index < -0.39 is 12.1 Å². The van der Waals surface area contributed by atoms with Crippen LogP contribution in [0.3, 0.4) is 0 Å². The highest BCUT2D eigenvalue weighted by Crippen LogP contribution is 2.43. The van der Waals surface area contributed by atoms with Gasteiger partial charge in [-0.15, -0.1) is 0 Å². The number of hydrogen-bond acceptors (Lipinski definition) is 7. The van der Waals surface area contributed by atoms with Crippen molar-refractivity contribution in [1.82, 2.24) is 35.5 Å². The molecule has 0 aliphatic carbocycles. The molecule has 0 bridgehead atoms. The number of amides is 2. The lowest BCUT2D eigenvalue weighted by molar-refractivity contribution is -0.137. The monoisotopic (exact) mass is 647 g/mol. The summed E-state index contributed by atoms with van der Waals surface area (Å²) >= 11 is 0. The van der Waals surface area contributed by atoms with Gasteiger partial charge < -0.3 is 35.0 Å². The van der Waals surface area contributed by atoms with E-state index in [1.54, 1.807) is 0 Å². The zero-order valence-electron chi connectivity index (χ0n) is 27.7. The van der Waals surface area contributed by atoms with Crippen molar-refractivity contribution in [2.45, 2.75) is 77.2 Å². The Morgan fingerprint density at radius 2 is 1.92 bits per heavy atom. The van der Waals surface area contributed by atoms with Crippen molar-refractivity contribution in [2.24, 2.45) is 5.92 Å². The van der Waals surface area contributed by atoms with E-state index in [1.165, 1.54) is 13.5 Å². The number of nitrogens with one attached hydrogen (secondary N) is 4. The number of imidazole rings is 2. The van der Waals surface area contributed by atoms with Crippen LogP contribution in [0, 0.1) is 5.92 Å². The third-order valence-corrected chi connectivity index (χ3v) is 10.3. The number of methoxy groups -OCH3 is 1. The molecule has 8 rings (SSSR count). The van der Waals surface area contributed by atoms with Crippen molar-refractivity contribution in [3.05, 3.63) is 65.9 Å². The van der Waals surface area contributed by atoms with Gasteiger partial charge in [0.2, 0.25) is 5.91 Å². The average molecular weight is 648 g/mol. The number of aromatic nitrogens is 4. The molecule has 2 amide bonds. The first kappa shape index (κ1) is 30.4. The number of aromatic amines is 2. The fourth-order valence-electron chi connectivity index (χ4n) is 7.69. The van der Waals surface area contributed by atoms with Crippen LogP contribution in [0.25, 0.3) is 44.2 Å². The van der Waals surface area contributed by atoms with Gasteiger partial charge in [-0.2, -0.15) is 0 Å². The van der Waals surface area contributed by atoms with Crippen LogP contribution in [-0.2, 0) is 16.1 Å². The fraction of sp³-hybridized carbons (Fsp3) is 0.405. The van der Waals surface area contributed by atoms with Gasteiger partial charge in [-0.25, -0.2) is 14.8 Å². The highest BCUT2D eigenvalue weighted by atomic mass is 16.5. The molecular formula is C37H41N7O4. The van der Waals surface area contributed by atoms with Gasteiger partial charge in [-0.1, -0.05) is 32.0 Å². The summed E-state index contributed by atoms with van der Waals surface area (Å²) in [4.78, 5) is 44.6. The number of carbonyl (C=O) groups is 2. The van der Waals surface area contributed by atoms with Gasteiger partial charge in [0.1, 0.15) is 30.0 Å². The molecule has 3 aliphatic rings. The van der Waals surface area contributed by atoms with Crippen molar-refractivity contribution < 1.29 is 19.1 Å². The first-order valence-electron chi connectivity index (χ1n) is 17.0. The van der Waals surface area contributed by atoms with E-state index in [1.807, 2.05) is 24.9 Å². The number of hydrogen-bond donors (Lipinski definition) is 4. The van der Waals surface area contributed by atoms with Gasteiger partial charge in [0.25, 0.3) is 0 Å². The second-order valence-corrected chi connectivity index (χ2v) is 13.7. The highest BCUT2D eigenvalue weighted by Gasteiger charge is 2.41. The van der Waals surface area contributed by atoms with Crippen LogP contribution in [0.5, 0.6) is 5.75 Å². The molecule has 2 fully saturated rings. The second-order valence-electron chi connectivity index (χ2n) is 13.7. The quantitative estimate of drug-likeness (QED) is 0.165. The molecule has 11 heteroatoms. The summed E-state index contributed by atoms with van der Waals surface area (Å²) in [5.41, 5.74) is 7.23. The Balaban J connectivity index is 1.10. The van der Waals surface area contributed by atoms with Crippen molar-refractivity contribution >= 4 is 33.8 Å². The normalized spacial score (nSPS) is 20.9. The van der Waals surface area contributed by atoms with Crippen LogP contribution in [-0.4, -0.2) is 62.6 Å². The van der Waals surface area contributed by atoms with Gasteiger partial charge in [0, 0.05) is 17.0 Å². The largest absolute Gasteiger partial charge is 0.488 e. The number of likely N-dealkylation sites (tertiary alicyclic amines) is 1. The number of H-pyrrole nitrogens is 2. The molecule has 4 N–H and O–H groups in total. The number of alkyl carbamates (subject to hydrolysis) is 1. The third-order valence-electron chi connectivity index (χ3n) is 10.3. The molecule has 0 saturated carbocycles. The second kappa shape index (κ2) is 12.0. The first-order valence-corrected chi connectivity index (χ1v) is 17.0. The number of fused-ring (bicyclic) bond motifs is 6. The summed E-state index contributed by atoms with van der Waals surface area (Å²) in [5.74, 6) is 2.34. The van der Waals surface area contributed by atoms with E-state index in [9.17, 15) is 9.59 Å². The molecular weight excluding hydrogens is 606 g/mol. The number of benzene rings is 3. The molecule has 3 aromatic carbocycles. The fourth-order valence-corrected chi connectivity index (χ4v) is 7.69. The molecule has 248 valence electrons. The van der Waals surface area contributed by atoms with Gasteiger partial charge in [-0.05, 0) is 91.4 Å². The molecule has 0 spiro atoms. The summed E-state index contributed by atoms with van der Waals surface area (Å²) in [5, 5.41) is 8.31. The topological polar surface area (TPSA) is 137 Å². The molecule has 5 heterocycles. The van der Waals surface area contributed by atoms with E-state index in [4.69, 9.17) is 14.5 Å². The molecule has 2 aromatic heterocycles. The first-order chi connectivity index (χ1) is 23.3. The summed E-state index contributed by atoms with van der Waals surface area (Å²) < 4.78 is 11.2. The molecule has 0 unspecified atom stereocenters. The van der Waals surface area contributed by atoms with Crippen LogP contribution in [0.2, 0.25) is 0 Å². The molecule has 5 aromatic rings. The molecule has 48 heavy (non-hydrogen) atoms. The predicted molar refractivity (Wildman–Crippen MR) is 183 cm³/mol. The molecule has 0 radical (unpaired) electrons. The Bertz CT molecular complexity index is 2040. The molecule has 4 atom stereocenters. The molecule has 2 saturated heterocycles. The van der Waals surface area contributed by atoms with Gasteiger partial charge >= 0.3 is 6.09 Å². The maximum Gasteiger partial charge on any atom is 0.407 e. The Hall–Kier alpha value is -4.90. The van der Waals surface area contributed by atoms with Crippen molar-refractivity contribution in [3.8, 4) is 28.1 Å². The summed E-state index contributed by atoms with van der Waals surface area (Å²) in [6.45, 7) is 7.41. The van der Waals surface area contributed by atoms with Crippen LogP contribution >= 0.6 is 0 Å². The highest BCUT2D eigenvalue weighted by molar-refractivity contribution is 6.07. The van der Waals surface area contributed by atoms with E-state index in [2.05, 4.69) is 75.0 Å². The minimum Gasteiger partial charge on any atom is -0.488 e. The van der Waals surface area contributed by atoms with E-state index >= 15 is 0 Å². The Labute approximate surface area is 278 Å². The van der Waals surface area contributed by atoms with Crippen LogP contribution in [0.4, 0.5) is 4.79 Å². The Morgan fingerprint density at radius 1 is 1.04 bits per heavy atom. The van der Waals surface area contributed by atoms with Crippen molar-refractivity contribution in [2.75, 3.05) is 13.7 Å². The lowest BCUT2D eigenvalue weighted by Crippen LogP contribution is -2.52. The predicted octanol–water partition coefficient (Wildman–Crippen LogP) is 6.52. The number of ether oxygens (including phenoxy) is 2. The van der Waals surface area contributed by atoms with E-state index in [0.717, 1.165) is 93.0 Å². The number of rotatable bonds is 6. The van der Waals surface area contributed by atoms with Crippen molar-refractivity contribution in [3.63, 3.8) is 0 Å². The lowest BCUT2D eigenvalue weighted by atomic mass is 9.92. The van der Waals surface area contributed by atoms with Crippen LogP contribution in [0.1, 0.15) is 75.8 Å². The smallest absolute Gasteiger partial charge is 0.407 e. The van der Waals surface area contributed by atoms with E-state index in [0.29, 0.717) is 12.6 Å². The minimum absolute atomic E-state index is 0.00813. The molecule has 3 aliphatic heterocycles.